The molecular weight excluding hydrogens is 225 g/mol. The summed E-state index contributed by atoms with van der Waals surface area (Å²) in [5.74, 6) is 0.558. The first-order valence-electron chi connectivity index (χ1n) is 4.43. The summed E-state index contributed by atoms with van der Waals surface area (Å²) in [7, 11) is 1.72. The van der Waals surface area contributed by atoms with Crippen LogP contribution in [0.5, 0.6) is 0 Å². The largest absolute Gasteiger partial charge is 0.405 e. The van der Waals surface area contributed by atoms with Gasteiger partial charge in [-0.1, -0.05) is 0 Å². The van der Waals surface area contributed by atoms with E-state index < -0.39 is 18.8 Å². The Morgan fingerprint density at radius 3 is 2.69 bits per heavy atom. The molecule has 0 aliphatic carbocycles. The van der Waals surface area contributed by atoms with Crippen LogP contribution in [-0.2, 0) is 13.6 Å². The number of rotatable bonds is 3. The maximum absolute atomic E-state index is 11.7. The molecule has 0 aliphatic heterocycles. The van der Waals surface area contributed by atoms with Gasteiger partial charge < -0.3 is 15.2 Å². The van der Waals surface area contributed by atoms with Gasteiger partial charge in [0.2, 0.25) is 0 Å². The molecule has 0 spiro atoms. The molecule has 0 saturated carbocycles. The second-order valence-electron chi connectivity index (χ2n) is 3.11. The van der Waals surface area contributed by atoms with Gasteiger partial charge in [-0.15, -0.1) is 0 Å². The van der Waals surface area contributed by atoms with Crippen molar-refractivity contribution >= 4 is 6.03 Å². The van der Waals surface area contributed by atoms with Crippen LogP contribution in [0.4, 0.5) is 18.0 Å². The Labute approximate surface area is 89.7 Å². The number of hydrogen-bond acceptors (Lipinski definition) is 2. The first kappa shape index (κ1) is 12.3. The van der Waals surface area contributed by atoms with Crippen molar-refractivity contribution < 1.29 is 18.0 Å². The zero-order chi connectivity index (χ0) is 12.2. The summed E-state index contributed by atoms with van der Waals surface area (Å²) in [6.07, 6.45) is -1.20. The van der Waals surface area contributed by atoms with Crippen LogP contribution in [0, 0.1) is 0 Å². The van der Waals surface area contributed by atoms with Gasteiger partial charge in [-0.2, -0.15) is 13.2 Å². The summed E-state index contributed by atoms with van der Waals surface area (Å²) >= 11 is 0. The van der Waals surface area contributed by atoms with Crippen LogP contribution in [0.1, 0.15) is 5.82 Å². The molecule has 0 saturated heterocycles. The van der Waals surface area contributed by atoms with Gasteiger partial charge in [0.1, 0.15) is 12.4 Å². The topological polar surface area (TPSA) is 59.0 Å². The third-order valence-corrected chi connectivity index (χ3v) is 1.78. The summed E-state index contributed by atoms with van der Waals surface area (Å²) in [6, 6.07) is -0.875. The Balaban J connectivity index is 2.29. The Hall–Kier alpha value is -1.73. The fraction of sp³-hybridized carbons (Fsp3) is 0.500. The third-order valence-electron chi connectivity index (χ3n) is 1.78. The monoisotopic (exact) mass is 236 g/mol. The van der Waals surface area contributed by atoms with Crippen LogP contribution < -0.4 is 10.6 Å². The number of imidazole rings is 1. The molecule has 16 heavy (non-hydrogen) atoms. The minimum absolute atomic E-state index is 0.0766. The lowest BCUT2D eigenvalue weighted by Crippen LogP contribution is -2.40. The Morgan fingerprint density at radius 1 is 1.50 bits per heavy atom. The molecule has 1 rings (SSSR count). The number of hydrogen-bond donors (Lipinski definition) is 2. The van der Waals surface area contributed by atoms with Crippen LogP contribution in [0.2, 0.25) is 0 Å². The number of nitrogens with one attached hydrogen (secondary N) is 2. The molecule has 1 aromatic rings. The zero-order valence-corrected chi connectivity index (χ0v) is 8.51. The molecule has 90 valence electrons. The molecule has 5 nitrogen and oxygen atoms in total. The molecule has 0 bridgehead atoms. The molecule has 8 heteroatoms. The smallest absolute Gasteiger partial charge is 0.337 e. The number of carbonyl (C=O) groups excluding carboxylic acids is 1. The number of carbonyl (C=O) groups is 1. The van der Waals surface area contributed by atoms with Gasteiger partial charge >= 0.3 is 12.2 Å². The summed E-state index contributed by atoms with van der Waals surface area (Å²) in [6.45, 7) is -1.27. The van der Waals surface area contributed by atoms with Crippen molar-refractivity contribution in [3.8, 4) is 0 Å². The van der Waals surface area contributed by atoms with Gasteiger partial charge in [0.05, 0.1) is 6.54 Å². The van der Waals surface area contributed by atoms with Gasteiger partial charge in [0.25, 0.3) is 0 Å². The van der Waals surface area contributed by atoms with Crippen molar-refractivity contribution in [2.75, 3.05) is 6.54 Å². The molecule has 0 atom stereocenters. The Morgan fingerprint density at radius 2 is 2.19 bits per heavy atom. The van der Waals surface area contributed by atoms with Crippen molar-refractivity contribution in [3.05, 3.63) is 18.2 Å². The lowest BCUT2D eigenvalue weighted by Gasteiger charge is -2.09. The van der Waals surface area contributed by atoms with E-state index in [2.05, 4.69) is 10.3 Å². The molecule has 0 unspecified atom stereocenters. The summed E-state index contributed by atoms with van der Waals surface area (Å²) in [4.78, 5) is 14.8. The third kappa shape index (κ3) is 4.20. The lowest BCUT2D eigenvalue weighted by molar-refractivity contribution is -0.122. The van der Waals surface area contributed by atoms with Crippen LogP contribution in [0.3, 0.4) is 0 Å². The second kappa shape index (κ2) is 4.86. The van der Waals surface area contributed by atoms with Crippen LogP contribution >= 0.6 is 0 Å². The van der Waals surface area contributed by atoms with Gasteiger partial charge in [-0.3, -0.25) is 0 Å². The molecule has 0 aliphatic rings. The van der Waals surface area contributed by atoms with Gasteiger partial charge in [-0.25, -0.2) is 9.78 Å². The predicted octanol–water partition coefficient (Wildman–Crippen LogP) is 0.782. The molecular formula is C8H11F3N4O. The molecule has 1 aromatic heterocycles. The van der Waals surface area contributed by atoms with Crippen LogP contribution in [0.15, 0.2) is 12.4 Å². The standard InChI is InChI=1S/C8H11F3N4O/c1-15-3-2-12-6(15)4-13-7(16)14-5-8(9,10)11/h2-3H,4-5H2,1H3,(H2,13,14,16). The van der Waals surface area contributed by atoms with E-state index in [1.807, 2.05) is 0 Å². The van der Waals surface area contributed by atoms with E-state index in [4.69, 9.17) is 0 Å². The van der Waals surface area contributed by atoms with E-state index in [9.17, 15) is 18.0 Å². The average molecular weight is 236 g/mol. The normalized spacial score (nSPS) is 11.2. The van der Waals surface area contributed by atoms with E-state index >= 15 is 0 Å². The predicted molar refractivity (Wildman–Crippen MR) is 49.5 cm³/mol. The zero-order valence-electron chi connectivity index (χ0n) is 8.51. The number of halogens is 3. The summed E-state index contributed by atoms with van der Waals surface area (Å²) < 4.78 is 36.9. The van der Waals surface area contributed by atoms with E-state index in [-0.39, 0.29) is 6.54 Å². The quantitative estimate of drug-likeness (QED) is 0.814. The van der Waals surface area contributed by atoms with E-state index in [1.54, 1.807) is 23.1 Å². The Bertz CT molecular complexity index is 360. The van der Waals surface area contributed by atoms with Crippen molar-refractivity contribution in [1.82, 2.24) is 20.2 Å². The number of amides is 2. The van der Waals surface area contributed by atoms with Crippen molar-refractivity contribution in [3.63, 3.8) is 0 Å². The van der Waals surface area contributed by atoms with Crippen molar-refractivity contribution in [2.45, 2.75) is 12.7 Å². The average Bonchev–Trinajstić information content (AvgIpc) is 2.57. The van der Waals surface area contributed by atoms with Crippen LogP contribution in [0.25, 0.3) is 0 Å². The molecule has 0 aromatic carbocycles. The first-order chi connectivity index (χ1) is 7.38. The molecule has 1 heterocycles. The Kier molecular flexibility index (Phi) is 3.75. The molecule has 2 N–H and O–H groups in total. The maximum Gasteiger partial charge on any atom is 0.405 e. The van der Waals surface area contributed by atoms with E-state index in [0.29, 0.717) is 5.82 Å². The van der Waals surface area contributed by atoms with E-state index in [1.165, 1.54) is 6.20 Å². The summed E-state index contributed by atoms with van der Waals surface area (Å²) in [5, 5.41) is 3.96. The molecule has 2 amide bonds. The highest BCUT2D eigenvalue weighted by molar-refractivity contribution is 5.73. The fourth-order valence-electron chi connectivity index (χ4n) is 0.969. The van der Waals surface area contributed by atoms with Gasteiger partial charge in [0, 0.05) is 19.4 Å². The molecule has 0 fully saturated rings. The highest BCUT2D eigenvalue weighted by atomic mass is 19.4. The van der Waals surface area contributed by atoms with Crippen molar-refractivity contribution in [1.29, 1.82) is 0 Å². The van der Waals surface area contributed by atoms with E-state index in [0.717, 1.165) is 0 Å². The number of aromatic nitrogens is 2. The highest BCUT2D eigenvalue weighted by Gasteiger charge is 2.27. The summed E-state index contributed by atoms with van der Waals surface area (Å²) in [5.41, 5.74) is 0. The second-order valence-corrected chi connectivity index (χ2v) is 3.11. The number of alkyl halides is 3. The number of aryl methyl sites for hydroxylation is 1. The molecule has 0 radical (unpaired) electrons. The van der Waals surface area contributed by atoms with Gasteiger partial charge in [-0.05, 0) is 0 Å². The maximum atomic E-state index is 11.7. The fourth-order valence-corrected chi connectivity index (χ4v) is 0.969. The van der Waals surface area contributed by atoms with Crippen LogP contribution in [-0.4, -0.2) is 28.3 Å². The van der Waals surface area contributed by atoms with Crippen molar-refractivity contribution in [2.24, 2.45) is 7.05 Å². The number of nitrogens with zero attached hydrogens (tertiary/aromatic N) is 2. The SMILES string of the molecule is Cn1ccnc1CNC(=O)NCC(F)(F)F. The number of urea groups is 1. The lowest BCUT2D eigenvalue weighted by atomic mass is 10.5. The highest BCUT2D eigenvalue weighted by Crippen LogP contribution is 2.11. The minimum Gasteiger partial charge on any atom is -0.337 e. The van der Waals surface area contributed by atoms with Gasteiger partial charge in [0.15, 0.2) is 0 Å². The minimum atomic E-state index is -4.40. The first-order valence-corrected chi connectivity index (χ1v) is 4.43.